The van der Waals surface area contributed by atoms with E-state index < -0.39 is 5.92 Å². The molecule has 4 heteroatoms. The first kappa shape index (κ1) is 19.4. The van der Waals surface area contributed by atoms with Crippen LogP contribution in [0.25, 0.3) is 0 Å². The molecule has 0 aromatic carbocycles. The van der Waals surface area contributed by atoms with Gasteiger partial charge in [0.2, 0.25) is 5.92 Å². The minimum absolute atomic E-state index is 0.0657. The summed E-state index contributed by atoms with van der Waals surface area (Å²) in [6.07, 6.45) is 2.17. The van der Waals surface area contributed by atoms with Gasteiger partial charge in [-0.25, -0.2) is 8.78 Å². The van der Waals surface area contributed by atoms with E-state index in [1.165, 1.54) is 0 Å². The van der Waals surface area contributed by atoms with E-state index in [0.29, 0.717) is 31.8 Å². The van der Waals surface area contributed by atoms with Crippen LogP contribution in [0.3, 0.4) is 0 Å². The molecule has 1 aliphatic carbocycles. The molecule has 0 unspecified atom stereocenters. The zero-order valence-corrected chi connectivity index (χ0v) is 14.8. The van der Waals surface area contributed by atoms with Gasteiger partial charge in [0.05, 0.1) is 6.61 Å². The molecule has 0 radical (unpaired) electrons. The average molecular weight is 318 g/mol. The molecular formula is C18H32F2O2. The summed E-state index contributed by atoms with van der Waals surface area (Å²) in [5, 5.41) is 0. The smallest absolute Gasteiger partial charge is 0.306 e. The summed E-state index contributed by atoms with van der Waals surface area (Å²) in [5.41, 5.74) is 0.0657. The van der Waals surface area contributed by atoms with Crippen LogP contribution in [0.2, 0.25) is 0 Å². The van der Waals surface area contributed by atoms with Gasteiger partial charge in [0.25, 0.3) is 0 Å². The van der Waals surface area contributed by atoms with E-state index in [-0.39, 0.29) is 36.1 Å². The molecule has 1 aliphatic rings. The maximum atomic E-state index is 13.1. The van der Waals surface area contributed by atoms with Crippen molar-refractivity contribution in [3.8, 4) is 0 Å². The number of carbonyl (C=O) groups excluding carboxylic acids is 1. The third-order valence-corrected chi connectivity index (χ3v) is 4.71. The molecule has 1 fully saturated rings. The summed E-state index contributed by atoms with van der Waals surface area (Å²) >= 11 is 0. The van der Waals surface area contributed by atoms with E-state index in [1.807, 2.05) is 0 Å². The van der Waals surface area contributed by atoms with Gasteiger partial charge in [0, 0.05) is 19.3 Å². The molecule has 0 heterocycles. The van der Waals surface area contributed by atoms with Crippen molar-refractivity contribution >= 4 is 5.97 Å². The quantitative estimate of drug-likeness (QED) is 0.608. The Morgan fingerprint density at radius 1 is 1.23 bits per heavy atom. The predicted octanol–water partition coefficient (Wildman–Crippen LogP) is 5.45. The van der Waals surface area contributed by atoms with Crippen LogP contribution in [0, 0.1) is 23.2 Å². The first-order valence-electron chi connectivity index (χ1n) is 8.53. The van der Waals surface area contributed by atoms with Crippen LogP contribution in [0.1, 0.15) is 73.1 Å². The molecule has 22 heavy (non-hydrogen) atoms. The number of alkyl halides is 2. The largest absolute Gasteiger partial charge is 0.465 e. The molecule has 0 aliphatic heterocycles. The van der Waals surface area contributed by atoms with Gasteiger partial charge in [-0.2, -0.15) is 0 Å². The number of halogens is 2. The van der Waals surface area contributed by atoms with Crippen LogP contribution in [-0.4, -0.2) is 18.5 Å². The number of carbonyl (C=O) groups is 1. The Hall–Kier alpha value is -0.670. The lowest BCUT2D eigenvalue weighted by atomic mass is 9.74. The molecular weight excluding hydrogens is 286 g/mol. The lowest BCUT2D eigenvalue weighted by Crippen LogP contribution is -2.29. The number of ether oxygens (including phenoxy) is 1. The van der Waals surface area contributed by atoms with Crippen LogP contribution >= 0.6 is 0 Å². The van der Waals surface area contributed by atoms with Crippen LogP contribution in [0.4, 0.5) is 8.78 Å². The van der Waals surface area contributed by atoms with Crippen LogP contribution in [-0.2, 0) is 9.53 Å². The monoisotopic (exact) mass is 318 g/mol. The molecule has 0 spiro atoms. The van der Waals surface area contributed by atoms with Crippen molar-refractivity contribution in [3.63, 3.8) is 0 Å². The second kappa shape index (κ2) is 7.74. The number of hydrogen-bond acceptors (Lipinski definition) is 2. The maximum absolute atomic E-state index is 13.1. The van der Waals surface area contributed by atoms with Crippen molar-refractivity contribution in [1.82, 2.24) is 0 Å². The Morgan fingerprint density at radius 3 is 2.23 bits per heavy atom. The van der Waals surface area contributed by atoms with Gasteiger partial charge in [-0.15, -0.1) is 0 Å². The molecule has 130 valence electrons. The lowest BCUT2D eigenvalue weighted by molar-refractivity contribution is -0.148. The third kappa shape index (κ3) is 7.06. The average Bonchev–Trinajstić information content (AvgIpc) is 2.35. The normalized spacial score (nSPS) is 20.9. The molecule has 0 aromatic heterocycles. The number of rotatable bonds is 6. The molecule has 0 N–H and O–H groups in total. The molecule has 1 saturated carbocycles. The topological polar surface area (TPSA) is 26.3 Å². The van der Waals surface area contributed by atoms with Gasteiger partial charge >= 0.3 is 5.97 Å². The summed E-state index contributed by atoms with van der Waals surface area (Å²) in [6.45, 7) is 11.1. The van der Waals surface area contributed by atoms with E-state index in [2.05, 4.69) is 34.6 Å². The van der Waals surface area contributed by atoms with Crippen molar-refractivity contribution in [2.75, 3.05) is 6.61 Å². The number of hydrogen-bond donors (Lipinski definition) is 0. The predicted molar refractivity (Wildman–Crippen MR) is 84.9 cm³/mol. The van der Waals surface area contributed by atoms with Gasteiger partial charge in [0.1, 0.15) is 0 Å². The Balaban J connectivity index is 2.38. The Morgan fingerprint density at radius 2 is 1.77 bits per heavy atom. The summed E-state index contributed by atoms with van der Waals surface area (Å²) in [6, 6.07) is 0. The standard InChI is InChI=1S/C18H32F2O2/c1-13(2)10-15(17(3,4)5)11-16(21)22-12-14-6-8-18(19,20)9-7-14/h13-15H,6-12H2,1-5H3/t15-/m1/s1. The number of esters is 1. The first-order chi connectivity index (χ1) is 9.99. The van der Waals surface area contributed by atoms with Gasteiger partial charge in [-0.05, 0) is 42.4 Å². The van der Waals surface area contributed by atoms with E-state index in [1.54, 1.807) is 0 Å². The summed E-state index contributed by atoms with van der Waals surface area (Å²) in [7, 11) is 0. The molecule has 0 amide bonds. The zero-order chi connectivity index (χ0) is 17.0. The highest BCUT2D eigenvalue weighted by molar-refractivity contribution is 5.69. The Kier molecular flexibility index (Phi) is 6.82. The lowest BCUT2D eigenvalue weighted by Gasteiger charge is -2.32. The third-order valence-electron chi connectivity index (χ3n) is 4.71. The van der Waals surface area contributed by atoms with Crippen LogP contribution in [0.15, 0.2) is 0 Å². The summed E-state index contributed by atoms with van der Waals surface area (Å²) < 4.78 is 31.6. The summed E-state index contributed by atoms with van der Waals surface area (Å²) in [5.74, 6) is -1.78. The van der Waals surface area contributed by atoms with Gasteiger partial charge in [-0.1, -0.05) is 34.6 Å². The van der Waals surface area contributed by atoms with Crippen molar-refractivity contribution in [3.05, 3.63) is 0 Å². The highest BCUT2D eigenvalue weighted by atomic mass is 19.3. The van der Waals surface area contributed by atoms with Gasteiger partial charge < -0.3 is 4.74 Å². The van der Waals surface area contributed by atoms with Crippen LogP contribution in [0.5, 0.6) is 0 Å². The SMILES string of the molecule is CC(C)C[C@H](CC(=O)OCC1CCC(F)(F)CC1)C(C)(C)C. The highest BCUT2D eigenvalue weighted by Gasteiger charge is 2.35. The zero-order valence-electron chi connectivity index (χ0n) is 14.8. The van der Waals surface area contributed by atoms with Crippen molar-refractivity contribution in [1.29, 1.82) is 0 Å². The van der Waals surface area contributed by atoms with E-state index >= 15 is 0 Å². The molecule has 1 rings (SSSR count). The van der Waals surface area contributed by atoms with Gasteiger partial charge in [0.15, 0.2) is 0 Å². The highest BCUT2D eigenvalue weighted by Crippen LogP contribution is 2.37. The minimum Gasteiger partial charge on any atom is -0.465 e. The second-order valence-corrected chi connectivity index (χ2v) is 8.38. The molecule has 0 aromatic rings. The molecule has 0 bridgehead atoms. The van der Waals surface area contributed by atoms with Crippen molar-refractivity contribution in [2.24, 2.45) is 23.2 Å². The molecule has 2 nitrogen and oxygen atoms in total. The molecule has 0 saturated heterocycles. The second-order valence-electron chi connectivity index (χ2n) is 8.38. The van der Waals surface area contributed by atoms with Gasteiger partial charge in [-0.3, -0.25) is 4.79 Å². The van der Waals surface area contributed by atoms with E-state index in [9.17, 15) is 13.6 Å². The fraction of sp³-hybridized carbons (Fsp3) is 0.944. The Labute approximate surface area is 134 Å². The van der Waals surface area contributed by atoms with E-state index in [0.717, 1.165) is 6.42 Å². The van der Waals surface area contributed by atoms with E-state index in [4.69, 9.17) is 4.74 Å². The first-order valence-corrected chi connectivity index (χ1v) is 8.53. The summed E-state index contributed by atoms with van der Waals surface area (Å²) in [4.78, 5) is 12.1. The minimum atomic E-state index is -2.52. The maximum Gasteiger partial charge on any atom is 0.306 e. The van der Waals surface area contributed by atoms with Crippen molar-refractivity contribution < 1.29 is 18.3 Å². The molecule has 1 atom stereocenters. The van der Waals surface area contributed by atoms with Crippen molar-refractivity contribution in [2.45, 2.75) is 79.1 Å². The van der Waals surface area contributed by atoms with Crippen LogP contribution < -0.4 is 0 Å². The Bertz CT molecular complexity index is 349. The fourth-order valence-electron chi connectivity index (χ4n) is 3.05. The fourth-order valence-corrected chi connectivity index (χ4v) is 3.05.